The topological polar surface area (TPSA) is 38.8 Å². The summed E-state index contributed by atoms with van der Waals surface area (Å²) in [6, 6.07) is 6.32. The predicted molar refractivity (Wildman–Crippen MR) is 80.0 cm³/mol. The molecule has 0 unspecified atom stereocenters. The number of carbonyl (C=O) groups excluding carboxylic acids is 1. The lowest BCUT2D eigenvalue weighted by Gasteiger charge is -2.35. The van der Waals surface area contributed by atoms with E-state index in [9.17, 15) is 9.18 Å². The summed E-state index contributed by atoms with van der Waals surface area (Å²) in [6.07, 6.45) is 3.39. The first-order valence-electron chi connectivity index (χ1n) is 7.85. The number of nitrogens with zero attached hydrogens (tertiary/aromatic N) is 1. The van der Waals surface area contributed by atoms with E-state index in [0.29, 0.717) is 13.0 Å². The lowest BCUT2D eigenvalue weighted by molar-refractivity contribution is -0.137. The van der Waals surface area contributed by atoms with Crippen LogP contribution < -0.4 is 0 Å². The van der Waals surface area contributed by atoms with E-state index in [1.807, 2.05) is 4.90 Å². The van der Waals surface area contributed by atoms with Crippen molar-refractivity contribution in [2.75, 3.05) is 20.3 Å². The SMILES string of the molecule is COC[C@H]1CC[C@H]2[C@H](CCN2C(=O)Cc2ccc(F)cc2)O1. The van der Waals surface area contributed by atoms with Crippen molar-refractivity contribution in [3.05, 3.63) is 35.6 Å². The van der Waals surface area contributed by atoms with Crippen LogP contribution in [0.2, 0.25) is 0 Å². The van der Waals surface area contributed by atoms with Crippen LogP contribution in [0.5, 0.6) is 0 Å². The van der Waals surface area contributed by atoms with Crippen LogP contribution in [0.3, 0.4) is 0 Å². The summed E-state index contributed by atoms with van der Waals surface area (Å²) in [6.45, 7) is 1.36. The van der Waals surface area contributed by atoms with E-state index in [2.05, 4.69) is 0 Å². The Balaban J connectivity index is 1.59. The molecular formula is C17H22FNO3. The zero-order valence-electron chi connectivity index (χ0n) is 12.8. The minimum absolute atomic E-state index is 0.105. The van der Waals surface area contributed by atoms with Crippen molar-refractivity contribution >= 4 is 5.91 Å². The van der Waals surface area contributed by atoms with E-state index < -0.39 is 0 Å². The third-order valence-electron chi connectivity index (χ3n) is 4.58. The second-order valence-corrected chi connectivity index (χ2v) is 6.08. The normalized spacial score (nSPS) is 27.7. The van der Waals surface area contributed by atoms with Gasteiger partial charge in [-0.15, -0.1) is 0 Å². The van der Waals surface area contributed by atoms with Gasteiger partial charge in [0.1, 0.15) is 5.82 Å². The average molecular weight is 307 g/mol. The van der Waals surface area contributed by atoms with Gasteiger partial charge in [0.2, 0.25) is 5.91 Å². The number of methoxy groups -OCH3 is 1. The summed E-state index contributed by atoms with van der Waals surface area (Å²) in [5.74, 6) is -0.171. The van der Waals surface area contributed by atoms with Crippen molar-refractivity contribution in [1.29, 1.82) is 0 Å². The minimum atomic E-state index is -0.276. The number of halogens is 1. The van der Waals surface area contributed by atoms with Gasteiger partial charge in [0, 0.05) is 13.7 Å². The highest BCUT2D eigenvalue weighted by Gasteiger charge is 2.41. The Labute approximate surface area is 130 Å². The molecule has 1 aromatic rings. The molecule has 0 spiro atoms. The van der Waals surface area contributed by atoms with Crippen LogP contribution >= 0.6 is 0 Å². The van der Waals surface area contributed by atoms with Crippen LogP contribution in [-0.4, -0.2) is 49.3 Å². The summed E-state index contributed by atoms with van der Waals surface area (Å²) in [4.78, 5) is 14.5. The Morgan fingerprint density at radius 3 is 2.82 bits per heavy atom. The fourth-order valence-electron chi connectivity index (χ4n) is 3.49. The van der Waals surface area contributed by atoms with Gasteiger partial charge >= 0.3 is 0 Å². The molecule has 0 bridgehead atoms. The Hall–Kier alpha value is -1.46. The molecule has 120 valence electrons. The molecule has 0 saturated carbocycles. The summed E-state index contributed by atoms with van der Waals surface area (Å²) in [5.41, 5.74) is 0.851. The van der Waals surface area contributed by atoms with Gasteiger partial charge in [-0.2, -0.15) is 0 Å². The lowest BCUT2D eigenvalue weighted by atomic mass is 9.99. The standard InChI is InChI=1S/C17H22FNO3/c1-21-11-14-6-7-15-16(22-14)8-9-19(15)17(20)10-12-2-4-13(18)5-3-12/h2-5,14-16H,6-11H2,1H3/t14-,15+,16+/m1/s1. The molecule has 2 aliphatic heterocycles. The Kier molecular flexibility index (Phi) is 4.74. The first-order chi connectivity index (χ1) is 10.7. The smallest absolute Gasteiger partial charge is 0.227 e. The predicted octanol–water partition coefficient (Wildman–Crippen LogP) is 2.16. The van der Waals surface area contributed by atoms with E-state index in [0.717, 1.165) is 31.4 Å². The monoisotopic (exact) mass is 307 g/mol. The second kappa shape index (κ2) is 6.75. The quantitative estimate of drug-likeness (QED) is 0.856. The van der Waals surface area contributed by atoms with Gasteiger partial charge < -0.3 is 14.4 Å². The van der Waals surface area contributed by atoms with Crippen molar-refractivity contribution in [3.8, 4) is 0 Å². The Morgan fingerprint density at radius 2 is 2.09 bits per heavy atom. The van der Waals surface area contributed by atoms with E-state index in [1.54, 1.807) is 19.2 Å². The molecular weight excluding hydrogens is 285 g/mol. The van der Waals surface area contributed by atoms with Gasteiger partial charge in [0.15, 0.2) is 0 Å². The van der Waals surface area contributed by atoms with E-state index in [1.165, 1.54) is 12.1 Å². The van der Waals surface area contributed by atoms with Crippen LogP contribution in [0.4, 0.5) is 4.39 Å². The lowest BCUT2D eigenvalue weighted by Crippen LogP contribution is -2.46. The number of likely N-dealkylation sites (tertiary alicyclic amines) is 1. The van der Waals surface area contributed by atoms with Crippen LogP contribution in [-0.2, 0) is 20.7 Å². The molecule has 1 amide bonds. The van der Waals surface area contributed by atoms with Crippen molar-refractivity contribution in [2.24, 2.45) is 0 Å². The molecule has 2 fully saturated rings. The maximum Gasteiger partial charge on any atom is 0.227 e. The van der Waals surface area contributed by atoms with Gasteiger partial charge in [0.05, 0.1) is 31.3 Å². The van der Waals surface area contributed by atoms with Crippen molar-refractivity contribution in [3.63, 3.8) is 0 Å². The maximum absolute atomic E-state index is 12.9. The summed E-state index contributed by atoms with van der Waals surface area (Å²) in [7, 11) is 1.68. The molecule has 1 aromatic carbocycles. The number of hydrogen-bond donors (Lipinski definition) is 0. The Bertz CT molecular complexity index is 519. The van der Waals surface area contributed by atoms with Crippen molar-refractivity contribution in [2.45, 2.75) is 43.9 Å². The highest BCUT2D eigenvalue weighted by Crippen LogP contribution is 2.32. The molecule has 0 aromatic heterocycles. The van der Waals surface area contributed by atoms with Crippen LogP contribution in [0.25, 0.3) is 0 Å². The molecule has 3 atom stereocenters. The zero-order chi connectivity index (χ0) is 15.5. The third kappa shape index (κ3) is 3.31. The molecule has 0 aliphatic carbocycles. The van der Waals surface area contributed by atoms with Gasteiger partial charge in [-0.3, -0.25) is 4.79 Å². The van der Waals surface area contributed by atoms with Gasteiger partial charge in [-0.25, -0.2) is 4.39 Å². The number of rotatable bonds is 4. The largest absolute Gasteiger partial charge is 0.382 e. The molecule has 5 heteroatoms. The molecule has 0 radical (unpaired) electrons. The molecule has 0 N–H and O–H groups in total. The first kappa shape index (κ1) is 15.4. The number of carbonyl (C=O) groups is 1. The van der Waals surface area contributed by atoms with Gasteiger partial charge in [-0.1, -0.05) is 12.1 Å². The number of amides is 1. The van der Waals surface area contributed by atoms with E-state index in [4.69, 9.17) is 9.47 Å². The van der Waals surface area contributed by atoms with Crippen molar-refractivity contribution < 1.29 is 18.7 Å². The first-order valence-corrected chi connectivity index (χ1v) is 7.85. The third-order valence-corrected chi connectivity index (χ3v) is 4.58. The van der Waals surface area contributed by atoms with Crippen molar-refractivity contribution in [1.82, 2.24) is 4.90 Å². The van der Waals surface area contributed by atoms with Gasteiger partial charge in [0.25, 0.3) is 0 Å². The Morgan fingerprint density at radius 1 is 1.32 bits per heavy atom. The van der Waals surface area contributed by atoms with E-state index in [-0.39, 0.29) is 30.0 Å². The van der Waals surface area contributed by atoms with E-state index >= 15 is 0 Å². The number of fused-ring (bicyclic) bond motifs is 1. The molecule has 3 rings (SSSR count). The zero-order valence-corrected chi connectivity index (χ0v) is 12.8. The maximum atomic E-state index is 12.9. The summed E-state index contributed by atoms with van der Waals surface area (Å²) >= 11 is 0. The molecule has 22 heavy (non-hydrogen) atoms. The van der Waals surface area contributed by atoms with Crippen LogP contribution in [0, 0.1) is 5.82 Å². The molecule has 2 saturated heterocycles. The average Bonchev–Trinajstić information content (AvgIpc) is 2.93. The highest BCUT2D eigenvalue weighted by molar-refractivity contribution is 5.79. The highest BCUT2D eigenvalue weighted by atomic mass is 19.1. The number of hydrogen-bond acceptors (Lipinski definition) is 3. The summed E-state index contributed by atoms with van der Waals surface area (Å²) in [5, 5.41) is 0. The molecule has 2 heterocycles. The number of ether oxygens (including phenoxy) is 2. The number of benzene rings is 1. The summed E-state index contributed by atoms with van der Waals surface area (Å²) < 4.78 is 24.1. The minimum Gasteiger partial charge on any atom is -0.382 e. The molecule has 4 nitrogen and oxygen atoms in total. The van der Waals surface area contributed by atoms with Crippen LogP contribution in [0.1, 0.15) is 24.8 Å². The second-order valence-electron chi connectivity index (χ2n) is 6.08. The fraction of sp³-hybridized carbons (Fsp3) is 0.588. The fourth-order valence-corrected chi connectivity index (χ4v) is 3.49. The van der Waals surface area contributed by atoms with Gasteiger partial charge in [-0.05, 0) is 37.0 Å². The van der Waals surface area contributed by atoms with Crippen LogP contribution in [0.15, 0.2) is 24.3 Å². The molecule has 2 aliphatic rings.